The van der Waals surface area contributed by atoms with Gasteiger partial charge in [-0.05, 0) is 6.92 Å². The van der Waals surface area contributed by atoms with Crippen LogP contribution in [0.1, 0.15) is 13.3 Å². The van der Waals surface area contributed by atoms with Gasteiger partial charge in [-0.25, -0.2) is 4.98 Å². The van der Waals surface area contributed by atoms with Gasteiger partial charge in [0.1, 0.15) is 5.69 Å². The second kappa shape index (κ2) is 4.93. The zero-order valence-electron chi connectivity index (χ0n) is 9.23. The molecule has 0 bridgehead atoms. The maximum absolute atomic E-state index is 11.3. The van der Waals surface area contributed by atoms with E-state index in [2.05, 4.69) is 9.97 Å². The van der Waals surface area contributed by atoms with Crippen LogP contribution in [0.25, 0.3) is 0 Å². The molecular weight excluding hydrogens is 226 g/mol. The predicted octanol–water partition coefficient (Wildman–Crippen LogP) is -0.147. The Morgan fingerprint density at radius 1 is 1.75 bits per heavy atom. The maximum Gasteiger partial charge on any atom is 0.276 e. The summed E-state index contributed by atoms with van der Waals surface area (Å²) in [6.45, 7) is 1.93. The van der Waals surface area contributed by atoms with Crippen LogP contribution >= 0.6 is 12.2 Å². The third-order valence-corrected chi connectivity index (χ3v) is 2.53. The molecule has 1 atom stereocenters. The van der Waals surface area contributed by atoms with Gasteiger partial charge in [-0.3, -0.25) is 4.79 Å². The van der Waals surface area contributed by atoms with E-state index in [1.807, 2.05) is 6.92 Å². The van der Waals surface area contributed by atoms with Crippen molar-refractivity contribution in [3.05, 3.63) is 16.7 Å². The van der Waals surface area contributed by atoms with Crippen molar-refractivity contribution in [3.63, 3.8) is 0 Å². The Morgan fingerprint density at radius 2 is 2.38 bits per heavy atom. The Labute approximate surface area is 98.7 Å². The highest BCUT2D eigenvalue weighted by Gasteiger charge is 2.16. The number of rotatable bonds is 4. The van der Waals surface area contributed by atoms with E-state index in [1.54, 1.807) is 11.9 Å². The highest BCUT2D eigenvalue weighted by molar-refractivity contribution is 7.80. The van der Waals surface area contributed by atoms with Gasteiger partial charge in [-0.2, -0.15) is 0 Å². The summed E-state index contributed by atoms with van der Waals surface area (Å²) in [5.41, 5.74) is 10.9. The van der Waals surface area contributed by atoms with E-state index >= 15 is 0 Å². The molecular formula is C9H15N5OS. The van der Waals surface area contributed by atoms with Crippen molar-refractivity contribution in [1.29, 1.82) is 0 Å². The molecule has 1 aromatic rings. The number of nitrogens with one attached hydrogen (secondary N) is 1. The number of H-pyrrole nitrogens is 1. The molecule has 0 radical (unpaired) electrons. The number of anilines is 2. The molecule has 1 heterocycles. The van der Waals surface area contributed by atoms with Gasteiger partial charge in [0.05, 0.1) is 11.3 Å². The van der Waals surface area contributed by atoms with Gasteiger partial charge in [-0.15, -0.1) is 0 Å². The van der Waals surface area contributed by atoms with E-state index in [4.69, 9.17) is 23.7 Å². The molecule has 7 heteroatoms. The number of hydrogen-bond acceptors (Lipinski definition) is 5. The molecule has 1 unspecified atom stereocenters. The summed E-state index contributed by atoms with van der Waals surface area (Å²) in [6.07, 6.45) is 1.86. The van der Waals surface area contributed by atoms with E-state index < -0.39 is 0 Å². The Kier molecular flexibility index (Phi) is 3.83. The molecule has 0 amide bonds. The molecule has 5 N–H and O–H groups in total. The molecule has 0 saturated heterocycles. The summed E-state index contributed by atoms with van der Waals surface area (Å²) in [5.74, 6) is 0.438. The van der Waals surface area contributed by atoms with Crippen molar-refractivity contribution in [2.75, 3.05) is 17.7 Å². The highest BCUT2D eigenvalue weighted by Crippen LogP contribution is 2.17. The third kappa shape index (κ3) is 2.69. The van der Waals surface area contributed by atoms with Crippen LogP contribution in [0.2, 0.25) is 0 Å². The van der Waals surface area contributed by atoms with Gasteiger partial charge in [0.15, 0.2) is 5.82 Å². The average molecular weight is 241 g/mol. The highest BCUT2D eigenvalue weighted by atomic mass is 32.1. The molecule has 16 heavy (non-hydrogen) atoms. The third-order valence-electron chi connectivity index (χ3n) is 2.36. The van der Waals surface area contributed by atoms with Crippen LogP contribution in [-0.2, 0) is 0 Å². The minimum Gasteiger partial charge on any atom is -0.393 e. The topological polar surface area (TPSA) is 101 Å². The molecule has 0 spiro atoms. The second-order valence-electron chi connectivity index (χ2n) is 3.60. The van der Waals surface area contributed by atoms with Crippen LogP contribution in [0.4, 0.5) is 11.5 Å². The number of hydrogen-bond donors (Lipinski definition) is 3. The summed E-state index contributed by atoms with van der Waals surface area (Å²) in [5, 5.41) is 0. The van der Waals surface area contributed by atoms with Crippen LogP contribution in [0.5, 0.6) is 0 Å². The number of nitrogens with zero attached hydrogens (tertiary/aromatic N) is 2. The number of aromatic nitrogens is 2. The van der Waals surface area contributed by atoms with E-state index in [-0.39, 0.29) is 17.3 Å². The van der Waals surface area contributed by atoms with E-state index in [0.29, 0.717) is 17.2 Å². The zero-order chi connectivity index (χ0) is 12.3. The van der Waals surface area contributed by atoms with Crippen LogP contribution in [-0.4, -0.2) is 28.0 Å². The van der Waals surface area contributed by atoms with Gasteiger partial charge in [0.2, 0.25) is 0 Å². The number of aromatic amines is 1. The molecule has 0 fully saturated rings. The van der Waals surface area contributed by atoms with Crippen molar-refractivity contribution in [2.45, 2.75) is 19.4 Å². The number of thiocarbonyl (C=S) groups is 1. The molecule has 1 rings (SSSR count). The van der Waals surface area contributed by atoms with Crippen molar-refractivity contribution in [1.82, 2.24) is 9.97 Å². The smallest absolute Gasteiger partial charge is 0.276 e. The lowest BCUT2D eigenvalue weighted by Gasteiger charge is -2.26. The lowest BCUT2D eigenvalue weighted by Crippen LogP contribution is -2.34. The molecule has 6 nitrogen and oxygen atoms in total. The summed E-state index contributed by atoms with van der Waals surface area (Å²) in [7, 11) is 1.79. The molecule has 1 aromatic heterocycles. The van der Waals surface area contributed by atoms with Gasteiger partial charge in [0.25, 0.3) is 5.56 Å². The Hall–Kier alpha value is -1.63. The van der Waals surface area contributed by atoms with Crippen LogP contribution in [0, 0.1) is 0 Å². The first kappa shape index (κ1) is 12.4. The first-order valence-electron chi connectivity index (χ1n) is 4.77. The van der Waals surface area contributed by atoms with Crippen molar-refractivity contribution >= 4 is 28.7 Å². The zero-order valence-corrected chi connectivity index (χ0v) is 10.0. The Balaban J connectivity index is 2.96. The van der Waals surface area contributed by atoms with Gasteiger partial charge >= 0.3 is 0 Å². The monoisotopic (exact) mass is 241 g/mol. The van der Waals surface area contributed by atoms with Crippen LogP contribution in [0.15, 0.2) is 11.1 Å². The largest absolute Gasteiger partial charge is 0.393 e. The fourth-order valence-electron chi connectivity index (χ4n) is 1.32. The molecule has 0 saturated carbocycles. The van der Waals surface area contributed by atoms with E-state index in [0.717, 1.165) is 0 Å². The number of nitrogens with two attached hydrogens (primary N) is 2. The first-order chi connectivity index (χ1) is 7.43. The van der Waals surface area contributed by atoms with Crippen LogP contribution < -0.4 is 21.9 Å². The standard InChI is InChI=1S/C9H15N5OS/c1-5(3-6(10)16)14(2)8-7(11)9(15)13-4-12-8/h4-5H,3,11H2,1-2H3,(H2,10,16)(H,12,13,15). The fraction of sp³-hybridized carbons (Fsp3) is 0.444. The summed E-state index contributed by atoms with van der Waals surface area (Å²) in [6, 6.07) is 0.0362. The fourth-order valence-corrected chi connectivity index (χ4v) is 1.56. The molecule has 0 aliphatic heterocycles. The normalized spacial score (nSPS) is 12.1. The van der Waals surface area contributed by atoms with Gasteiger partial charge in [-0.1, -0.05) is 12.2 Å². The van der Waals surface area contributed by atoms with Crippen molar-refractivity contribution in [2.24, 2.45) is 5.73 Å². The Morgan fingerprint density at radius 3 is 2.94 bits per heavy atom. The average Bonchev–Trinajstić information content (AvgIpc) is 2.20. The SMILES string of the molecule is CC(CC(N)=S)N(C)c1nc[nH]c(=O)c1N. The quantitative estimate of drug-likeness (QED) is 0.634. The molecule has 0 aliphatic rings. The van der Waals surface area contributed by atoms with Gasteiger partial charge in [0, 0.05) is 19.5 Å². The molecule has 88 valence electrons. The summed E-state index contributed by atoms with van der Waals surface area (Å²) < 4.78 is 0. The van der Waals surface area contributed by atoms with Crippen molar-refractivity contribution in [3.8, 4) is 0 Å². The molecule has 0 aliphatic carbocycles. The summed E-state index contributed by atoms with van der Waals surface area (Å²) >= 11 is 4.83. The van der Waals surface area contributed by atoms with Crippen molar-refractivity contribution < 1.29 is 0 Å². The van der Waals surface area contributed by atoms with Crippen LogP contribution in [0.3, 0.4) is 0 Å². The van der Waals surface area contributed by atoms with E-state index in [9.17, 15) is 4.79 Å². The lowest BCUT2D eigenvalue weighted by molar-refractivity contribution is 0.704. The minimum atomic E-state index is -0.348. The lowest BCUT2D eigenvalue weighted by atomic mass is 10.2. The predicted molar refractivity (Wildman–Crippen MR) is 68.5 cm³/mol. The van der Waals surface area contributed by atoms with Gasteiger partial charge < -0.3 is 21.4 Å². The molecule has 0 aromatic carbocycles. The first-order valence-corrected chi connectivity index (χ1v) is 5.18. The summed E-state index contributed by atoms with van der Waals surface area (Å²) in [4.78, 5) is 19.9. The number of nitrogen functional groups attached to an aromatic ring is 1. The Bertz CT molecular complexity index is 444. The second-order valence-corrected chi connectivity index (χ2v) is 4.12. The minimum absolute atomic E-state index is 0.0362. The van der Waals surface area contributed by atoms with E-state index in [1.165, 1.54) is 6.33 Å². The maximum atomic E-state index is 11.3.